The topological polar surface area (TPSA) is 17.3 Å². The van der Waals surface area contributed by atoms with Crippen molar-refractivity contribution in [2.24, 2.45) is 0 Å². The van der Waals surface area contributed by atoms with Gasteiger partial charge in [-0.25, -0.2) is 4.52 Å². The molecule has 33 heavy (non-hydrogen) atoms. The van der Waals surface area contributed by atoms with Gasteiger partial charge in [-0.05, 0) is 45.3 Å². The number of rotatable bonds is 2. The Labute approximate surface area is 191 Å². The smallest absolute Gasteiger partial charge is 0.101 e. The van der Waals surface area contributed by atoms with Crippen molar-refractivity contribution in [3.05, 3.63) is 121 Å². The van der Waals surface area contributed by atoms with E-state index in [-0.39, 0.29) is 0 Å². The zero-order chi connectivity index (χ0) is 21.8. The van der Waals surface area contributed by atoms with Gasteiger partial charge < -0.3 is 0 Å². The van der Waals surface area contributed by atoms with E-state index in [1.807, 2.05) is 0 Å². The molecule has 0 saturated heterocycles. The number of hydrogen-bond acceptors (Lipinski definition) is 1. The van der Waals surface area contributed by atoms with Crippen molar-refractivity contribution >= 4 is 38.0 Å². The molecule has 0 bridgehead atoms. The van der Waals surface area contributed by atoms with Gasteiger partial charge in [-0.1, -0.05) is 103 Å². The van der Waals surface area contributed by atoms with E-state index < -0.39 is 0 Å². The first-order valence-corrected chi connectivity index (χ1v) is 11.3. The monoisotopic (exact) mass is 420 g/mol. The number of para-hydroxylation sites is 1. The van der Waals surface area contributed by atoms with Gasteiger partial charge in [-0.3, -0.25) is 0 Å². The Morgan fingerprint density at radius 2 is 1.15 bits per heavy atom. The van der Waals surface area contributed by atoms with E-state index in [2.05, 4.69) is 126 Å². The van der Waals surface area contributed by atoms with Crippen molar-refractivity contribution in [2.75, 3.05) is 0 Å². The lowest BCUT2D eigenvalue weighted by atomic mass is 9.91. The van der Waals surface area contributed by atoms with Gasteiger partial charge >= 0.3 is 0 Å². The van der Waals surface area contributed by atoms with Gasteiger partial charge in [0.05, 0.1) is 11.0 Å². The highest BCUT2D eigenvalue weighted by Crippen LogP contribution is 2.42. The van der Waals surface area contributed by atoms with E-state index in [4.69, 9.17) is 5.10 Å². The molecule has 0 amide bonds. The highest BCUT2D eigenvalue weighted by atomic mass is 15.2. The van der Waals surface area contributed by atoms with Crippen LogP contribution in [-0.4, -0.2) is 9.61 Å². The fourth-order valence-electron chi connectivity index (χ4n) is 5.08. The second-order valence-electron chi connectivity index (χ2n) is 8.47. The van der Waals surface area contributed by atoms with Crippen LogP contribution in [0.3, 0.4) is 0 Å². The van der Waals surface area contributed by atoms with Gasteiger partial charge in [-0.15, -0.1) is 0 Å². The highest BCUT2D eigenvalue weighted by Gasteiger charge is 2.20. The first-order chi connectivity index (χ1) is 16.4. The molecule has 0 aliphatic heterocycles. The Hall–Kier alpha value is -4.43. The van der Waals surface area contributed by atoms with Crippen LogP contribution in [-0.2, 0) is 0 Å². The van der Waals surface area contributed by atoms with Gasteiger partial charge in [0.25, 0.3) is 0 Å². The summed E-state index contributed by atoms with van der Waals surface area (Å²) in [5, 5.41) is 11.4. The first kappa shape index (κ1) is 18.2. The Morgan fingerprint density at radius 3 is 2.00 bits per heavy atom. The zero-order valence-electron chi connectivity index (χ0n) is 17.9. The van der Waals surface area contributed by atoms with Crippen LogP contribution in [0.25, 0.3) is 60.3 Å². The summed E-state index contributed by atoms with van der Waals surface area (Å²) >= 11 is 0. The number of pyridine rings is 1. The Morgan fingerprint density at radius 1 is 0.485 bits per heavy atom. The van der Waals surface area contributed by atoms with Crippen LogP contribution in [0.4, 0.5) is 0 Å². The normalized spacial score (nSPS) is 11.6. The van der Waals surface area contributed by atoms with Gasteiger partial charge in [0.2, 0.25) is 0 Å². The number of fused-ring (bicyclic) bond motifs is 6. The Kier molecular flexibility index (Phi) is 3.88. The standard InChI is InChI=1S/C31H20N2/c1-2-11-22(12-3-1)31-30(29-19-18-21-10-5-9-17-28(21)33(29)32-31)27-20-23-13-4-6-14-24(23)25-15-7-8-16-26(25)27/h1-20H. The molecular weight excluding hydrogens is 400 g/mol. The van der Waals surface area contributed by atoms with Gasteiger partial charge in [0.15, 0.2) is 0 Å². The molecule has 5 aromatic carbocycles. The number of aromatic nitrogens is 2. The van der Waals surface area contributed by atoms with Crippen LogP contribution in [0.15, 0.2) is 121 Å². The predicted molar refractivity (Wildman–Crippen MR) is 139 cm³/mol. The molecule has 2 heterocycles. The molecule has 0 fully saturated rings. The summed E-state index contributed by atoms with van der Waals surface area (Å²) in [4.78, 5) is 0. The largest absolute Gasteiger partial charge is 0.232 e. The molecule has 0 unspecified atom stereocenters. The van der Waals surface area contributed by atoms with Crippen LogP contribution in [0.2, 0.25) is 0 Å². The maximum absolute atomic E-state index is 5.19. The lowest BCUT2D eigenvalue weighted by Crippen LogP contribution is -1.90. The van der Waals surface area contributed by atoms with Crippen LogP contribution in [0.1, 0.15) is 0 Å². The van der Waals surface area contributed by atoms with Crippen molar-refractivity contribution in [3.8, 4) is 22.4 Å². The summed E-state index contributed by atoms with van der Waals surface area (Å²) < 4.78 is 2.11. The molecule has 0 aliphatic carbocycles. The van der Waals surface area contributed by atoms with Crippen molar-refractivity contribution in [2.45, 2.75) is 0 Å². The van der Waals surface area contributed by atoms with Crippen molar-refractivity contribution in [3.63, 3.8) is 0 Å². The third-order valence-electron chi connectivity index (χ3n) is 6.59. The minimum Gasteiger partial charge on any atom is -0.232 e. The molecular formula is C31H20N2. The molecule has 0 saturated carbocycles. The summed E-state index contributed by atoms with van der Waals surface area (Å²) in [7, 11) is 0. The molecule has 154 valence electrons. The fraction of sp³-hybridized carbons (Fsp3) is 0. The highest BCUT2D eigenvalue weighted by molar-refractivity contribution is 6.16. The molecule has 7 rings (SSSR count). The number of hydrogen-bond donors (Lipinski definition) is 0. The maximum Gasteiger partial charge on any atom is 0.101 e. The minimum absolute atomic E-state index is 1.01. The molecule has 0 atom stereocenters. The van der Waals surface area contributed by atoms with E-state index in [1.165, 1.54) is 38.1 Å². The van der Waals surface area contributed by atoms with E-state index in [0.29, 0.717) is 0 Å². The average molecular weight is 421 g/mol. The summed E-state index contributed by atoms with van der Waals surface area (Å²) in [5.41, 5.74) is 6.75. The van der Waals surface area contributed by atoms with Crippen molar-refractivity contribution in [1.82, 2.24) is 9.61 Å². The summed E-state index contributed by atoms with van der Waals surface area (Å²) in [6.07, 6.45) is 0. The molecule has 2 heteroatoms. The van der Waals surface area contributed by atoms with Crippen molar-refractivity contribution < 1.29 is 0 Å². The molecule has 0 radical (unpaired) electrons. The third kappa shape index (κ3) is 2.71. The lowest BCUT2D eigenvalue weighted by Gasteiger charge is -2.12. The van der Waals surface area contributed by atoms with Crippen LogP contribution in [0.5, 0.6) is 0 Å². The quantitative estimate of drug-likeness (QED) is 0.258. The van der Waals surface area contributed by atoms with Crippen LogP contribution >= 0.6 is 0 Å². The molecule has 0 N–H and O–H groups in total. The zero-order valence-corrected chi connectivity index (χ0v) is 17.9. The van der Waals surface area contributed by atoms with Crippen molar-refractivity contribution in [1.29, 1.82) is 0 Å². The summed E-state index contributed by atoms with van der Waals surface area (Å²) in [5.74, 6) is 0. The minimum atomic E-state index is 1.01. The maximum atomic E-state index is 5.19. The SMILES string of the molecule is c1ccc(-c2nn3c(ccc4ccccc43)c2-c2cc3ccccc3c3ccccc23)cc1. The van der Waals surface area contributed by atoms with Crippen LogP contribution < -0.4 is 0 Å². The van der Waals surface area contributed by atoms with E-state index in [1.54, 1.807) is 0 Å². The molecule has 2 nitrogen and oxygen atoms in total. The molecule has 7 aromatic rings. The van der Waals surface area contributed by atoms with Gasteiger partial charge in [-0.2, -0.15) is 5.10 Å². The molecule has 2 aromatic heterocycles. The van der Waals surface area contributed by atoms with Gasteiger partial charge in [0, 0.05) is 16.5 Å². The van der Waals surface area contributed by atoms with Crippen LogP contribution in [0, 0.1) is 0 Å². The number of nitrogens with zero attached hydrogens (tertiary/aromatic N) is 2. The van der Waals surface area contributed by atoms with Gasteiger partial charge in [0.1, 0.15) is 5.69 Å². The van der Waals surface area contributed by atoms with E-state index >= 15 is 0 Å². The average Bonchev–Trinajstić information content (AvgIpc) is 3.29. The third-order valence-corrected chi connectivity index (χ3v) is 6.59. The Balaban J connectivity index is 1.69. The lowest BCUT2D eigenvalue weighted by molar-refractivity contribution is 1.01. The summed E-state index contributed by atoms with van der Waals surface area (Å²) in [6.45, 7) is 0. The molecule has 0 aliphatic rings. The summed E-state index contributed by atoms with van der Waals surface area (Å²) in [6, 6.07) is 43.1. The fourth-order valence-corrected chi connectivity index (χ4v) is 5.08. The second kappa shape index (κ2) is 7.04. The van der Waals surface area contributed by atoms with E-state index in [0.717, 1.165) is 22.3 Å². The molecule has 0 spiro atoms. The van der Waals surface area contributed by atoms with E-state index in [9.17, 15) is 0 Å². The Bertz CT molecular complexity index is 1810. The predicted octanol–water partition coefficient (Wildman–Crippen LogP) is 8.13. The number of benzene rings is 5. The second-order valence-corrected chi connectivity index (χ2v) is 8.47. The first-order valence-electron chi connectivity index (χ1n) is 11.3.